The van der Waals surface area contributed by atoms with Crippen molar-refractivity contribution in [3.63, 3.8) is 0 Å². The SMILES string of the molecule is CCCCc1ccc(OCC(NCC)C(=O)OCC)cc1. The van der Waals surface area contributed by atoms with E-state index >= 15 is 0 Å². The Hall–Kier alpha value is -1.55. The van der Waals surface area contributed by atoms with Gasteiger partial charge in [0.2, 0.25) is 0 Å². The van der Waals surface area contributed by atoms with Gasteiger partial charge in [0.05, 0.1) is 6.61 Å². The van der Waals surface area contributed by atoms with Crippen LogP contribution in [0.15, 0.2) is 24.3 Å². The van der Waals surface area contributed by atoms with E-state index in [1.807, 2.05) is 19.1 Å². The molecule has 1 aromatic rings. The van der Waals surface area contributed by atoms with Crippen molar-refractivity contribution in [2.24, 2.45) is 0 Å². The van der Waals surface area contributed by atoms with Crippen LogP contribution in [0.5, 0.6) is 5.75 Å². The molecule has 1 rings (SSSR count). The maximum Gasteiger partial charge on any atom is 0.326 e. The van der Waals surface area contributed by atoms with E-state index in [-0.39, 0.29) is 12.6 Å². The number of esters is 1. The minimum absolute atomic E-state index is 0.265. The van der Waals surface area contributed by atoms with Crippen LogP contribution in [0.25, 0.3) is 0 Å². The zero-order chi connectivity index (χ0) is 15.5. The standard InChI is InChI=1S/C17H27NO3/c1-4-7-8-14-9-11-15(12-10-14)21-13-16(18-5-2)17(19)20-6-3/h9-12,16,18H,4-8,13H2,1-3H3. The molecule has 1 atom stereocenters. The number of unbranched alkanes of at least 4 members (excludes halogenated alkanes) is 1. The molecule has 1 aromatic carbocycles. The van der Waals surface area contributed by atoms with Crippen LogP contribution in [0.1, 0.15) is 39.2 Å². The number of hydrogen-bond donors (Lipinski definition) is 1. The Morgan fingerprint density at radius 1 is 1.19 bits per heavy atom. The highest BCUT2D eigenvalue weighted by Crippen LogP contribution is 2.14. The molecule has 0 spiro atoms. The molecule has 1 N–H and O–H groups in total. The molecule has 0 bridgehead atoms. The second-order valence-electron chi connectivity index (χ2n) is 4.92. The highest BCUT2D eigenvalue weighted by molar-refractivity contribution is 5.76. The summed E-state index contributed by atoms with van der Waals surface area (Å²) in [6, 6.07) is 7.66. The van der Waals surface area contributed by atoms with Gasteiger partial charge in [-0.2, -0.15) is 0 Å². The topological polar surface area (TPSA) is 47.6 Å². The van der Waals surface area contributed by atoms with Gasteiger partial charge in [-0.25, -0.2) is 0 Å². The number of rotatable bonds is 10. The summed E-state index contributed by atoms with van der Waals surface area (Å²) >= 11 is 0. The molecule has 0 aliphatic rings. The number of hydrogen-bond acceptors (Lipinski definition) is 4. The molecule has 4 heteroatoms. The maximum atomic E-state index is 11.8. The number of nitrogens with one attached hydrogen (secondary N) is 1. The summed E-state index contributed by atoms with van der Waals surface area (Å²) in [6.45, 7) is 7.30. The van der Waals surface area contributed by atoms with Gasteiger partial charge in [-0.3, -0.25) is 4.79 Å². The Morgan fingerprint density at radius 2 is 1.90 bits per heavy atom. The number of carbonyl (C=O) groups is 1. The lowest BCUT2D eigenvalue weighted by Crippen LogP contribution is -2.42. The predicted octanol–water partition coefficient (Wildman–Crippen LogP) is 2.95. The number of aryl methyl sites for hydroxylation is 1. The van der Waals surface area contributed by atoms with E-state index in [0.717, 1.165) is 12.2 Å². The number of ether oxygens (including phenoxy) is 2. The minimum atomic E-state index is -0.422. The van der Waals surface area contributed by atoms with E-state index in [1.54, 1.807) is 6.92 Å². The van der Waals surface area contributed by atoms with Gasteiger partial charge < -0.3 is 14.8 Å². The number of carbonyl (C=O) groups excluding carboxylic acids is 1. The third kappa shape index (κ3) is 6.63. The lowest BCUT2D eigenvalue weighted by Gasteiger charge is -2.17. The fraction of sp³-hybridized carbons (Fsp3) is 0.588. The summed E-state index contributed by atoms with van der Waals surface area (Å²) in [5.41, 5.74) is 1.32. The monoisotopic (exact) mass is 293 g/mol. The van der Waals surface area contributed by atoms with Crippen LogP contribution < -0.4 is 10.1 Å². The molecule has 118 valence electrons. The molecule has 0 radical (unpaired) electrons. The van der Waals surface area contributed by atoms with Crippen LogP contribution in [0.2, 0.25) is 0 Å². The van der Waals surface area contributed by atoms with E-state index < -0.39 is 6.04 Å². The molecule has 0 fully saturated rings. The second kappa shape index (κ2) is 10.2. The Morgan fingerprint density at radius 3 is 2.48 bits per heavy atom. The van der Waals surface area contributed by atoms with E-state index in [2.05, 4.69) is 24.4 Å². The van der Waals surface area contributed by atoms with Crippen molar-refractivity contribution in [1.29, 1.82) is 0 Å². The zero-order valence-electron chi connectivity index (χ0n) is 13.4. The Kier molecular flexibility index (Phi) is 8.51. The van der Waals surface area contributed by atoms with Gasteiger partial charge in [0, 0.05) is 0 Å². The summed E-state index contributed by atoms with van der Waals surface area (Å²) in [6.07, 6.45) is 3.49. The highest BCUT2D eigenvalue weighted by Gasteiger charge is 2.19. The summed E-state index contributed by atoms with van der Waals surface area (Å²) in [5.74, 6) is 0.515. The van der Waals surface area contributed by atoms with Gasteiger partial charge in [-0.15, -0.1) is 0 Å². The van der Waals surface area contributed by atoms with Crippen LogP contribution >= 0.6 is 0 Å². The predicted molar refractivity (Wildman–Crippen MR) is 84.6 cm³/mol. The molecule has 0 heterocycles. The Balaban J connectivity index is 2.49. The molecule has 0 saturated heterocycles. The maximum absolute atomic E-state index is 11.8. The minimum Gasteiger partial charge on any atom is -0.491 e. The zero-order valence-corrected chi connectivity index (χ0v) is 13.4. The lowest BCUT2D eigenvalue weighted by atomic mass is 10.1. The molecular weight excluding hydrogens is 266 g/mol. The largest absolute Gasteiger partial charge is 0.491 e. The van der Waals surface area contributed by atoms with Gasteiger partial charge in [0.1, 0.15) is 18.4 Å². The van der Waals surface area contributed by atoms with Crippen molar-refractivity contribution in [3.8, 4) is 5.75 Å². The van der Waals surface area contributed by atoms with E-state index in [4.69, 9.17) is 9.47 Å². The van der Waals surface area contributed by atoms with Gasteiger partial charge in [0.15, 0.2) is 0 Å². The molecule has 0 saturated carbocycles. The van der Waals surface area contributed by atoms with Crippen molar-refractivity contribution in [2.45, 2.75) is 46.1 Å². The van der Waals surface area contributed by atoms with Gasteiger partial charge in [-0.1, -0.05) is 32.4 Å². The molecule has 0 aromatic heterocycles. The fourth-order valence-corrected chi connectivity index (χ4v) is 2.01. The molecule has 4 nitrogen and oxygen atoms in total. The third-order valence-corrected chi connectivity index (χ3v) is 3.18. The first-order valence-electron chi connectivity index (χ1n) is 7.83. The first-order chi connectivity index (χ1) is 10.2. The van der Waals surface area contributed by atoms with Gasteiger partial charge >= 0.3 is 5.97 Å². The molecule has 21 heavy (non-hydrogen) atoms. The molecular formula is C17H27NO3. The normalized spacial score (nSPS) is 12.0. The first-order valence-corrected chi connectivity index (χ1v) is 7.83. The molecule has 0 amide bonds. The molecule has 0 aliphatic heterocycles. The van der Waals surface area contributed by atoms with Crippen LogP contribution in [0.4, 0.5) is 0 Å². The van der Waals surface area contributed by atoms with Crippen molar-refractivity contribution < 1.29 is 14.3 Å². The Bertz CT molecular complexity index is 403. The smallest absolute Gasteiger partial charge is 0.326 e. The van der Waals surface area contributed by atoms with Crippen LogP contribution in [0, 0.1) is 0 Å². The summed E-state index contributed by atoms with van der Waals surface area (Å²) in [7, 11) is 0. The van der Waals surface area contributed by atoms with Crippen LogP contribution in [-0.4, -0.2) is 31.8 Å². The van der Waals surface area contributed by atoms with Crippen molar-refractivity contribution in [3.05, 3.63) is 29.8 Å². The van der Waals surface area contributed by atoms with Gasteiger partial charge in [-0.05, 0) is 44.0 Å². The average molecular weight is 293 g/mol. The average Bonchev–Trinajstić information content (AvgIpc) is 2.50. The number of benzene rings is 1. The van der Waals surface area contributed by atoms with Crippen molar-refractivity contribution in [2.75, 3.05) is 19.8 Å². The van der Waals surface area contributed by atoms with E-state index in [0.29, 0.717) is 13.2 Å². The highest BCUT2D eigenvalue weighted by atomic mass is 16.5. The third-order valence-electron chi connectivity index (χ3n) is 3.18. The summed E-state index contributed by atoms with van der Waals surface area (Å²) in [5, 5.41) is 3.08. The van der Waals surface area contributed by atoms with Gasteiger partial charge in [0.25, 0.3) is 0 Å². The van der Waals surface area contributed by atoms with Crippen molar-refractivity contribution in [1.82, 2.24) is 5.32 Å². The second-order valence-corrected chi connectivity index (χ2v) is 4.92. The lowest BCUT2D eigenvalue weighted by molar-refractivity contribution is -0.146. The quantitative estimate of drug-likeness (QED) is 0.674. The van der Waals surface area contributed by atoms with Crippen molar-refractivity contribution >= 4 is 5.97 Å². The molecule has 1 unspecified atom stereocenters. The summed E-state index contributed by atoms with van der Waals surface area (Å²) < 4.78 is 10.7. The fourth-order valence-electron chi connectivity index (χ4n) is 2.01. The number of likely N-dealkylation sites (N-methyl/N-ethyl adjacent to an activating group) is 1. The summed E-state index contributed by atoms with van der Waals surface area (Å²) in [4.78, 5) is 11.8. The molecule has 0 aliphatic carbocycles. The van der Waals surface area contributed by atoms with E-state index in [1.165, 1.54) is 18.4 Å². The van der Waals surface area contributed by atoms with E-state index in [9.17, 15) is 4.79 Å². The Labute approximate surface area is 127 Å². The van der Waals surface area contributed by atoms with Crippen LogP contribution in [0.3, 0.4) is 0 Å². The van der Waals surface area contributed by atoms with Crippen LogP contribution in [-0.2, 0) is 16.0 Å². The first kappa shape index (κ1) is 17.5.